The molecule has 0 saturated heterocycles. The van der Waals surface area contributed by atoms with Crippen molar-refractivity contribution in [2.45, 2.75) is 0 Å². The molecule has 0 atom stereocenters. The second-order valence-electron chi connectivity index (χ2n) is 12.3. The Morgan fingerprint density at radius 2 is 0.768 bits per heavy atom. The van der Waals surface area contributed by atoms with Gasteiger partial charge in [-0.3, -0.25) is 0 Å². The van der Waals surface area contributed by atoms with Gasteiger partial charge in [-0.25, -0.2) is 15.0 Å². The molecule has 0 radical (unpaired) electrons. The van der Waals surface area contributed by atoms with Crippen molar-refractivity contribution < 1.29 is 24.7 Å². The van der Waals surface area contributed by atoms with Gasteiger partial charge < -0.3 is 4.90 Å². The van der Waals surface area contributed by atoms with Crippen LogP contribution in [0.3, 0.4) is 0 Å². The molecule has 0 aliphatic rings. The molecular weight excluding hydrogens is 701 g/mol. The van der Waals surface area contributed by atoms with Crippen LogP contribution in [0.2, 0.25) is 0 Å². The van der Waals surface area contributed by atoms with Gasteiger partial charge in [0.25, 0.3) is 0 Å². The number of para-hydroxylation sites is 1. The SMILES string of the molecule is [2H]c1c([2H])c([2H])c(-c2c([2H])c([2H])c(N(c3c([2H])c([2H])c([2H])c([2H])c3[2H])c3c([2H])c([2H])c(-c4ccc5c(c4)sc4cc(-c6nc(-c7ccccc7)nc(-c7ccccc7)n6)ccc45)c([2H])c3[2H])c([2H])c2[2H])c([2H])c1[2H]. The molecule has 0 aliphatic heterocycles. The number of hydrogen-bond acceptors (Lipinski definition) is 5. The van der Waals surface area contributed by atoms with E-state index >= 15 is 0 Å². The molecule has 0 fully saturated rings. The summed E-state index contributed by atoms with van der Waals surface area (Å²) in [7, 11) is 0. The van der Waals surface area contributed by atoms with Gasteiger partial charge >= 0.3 is 0 Å². The summed E-state index contributed by atoms with van der Waals surface area (Å²) in [5.41, 5.74) is -1.49. The Balaban J connectivity index is 1.14. The molecule has 10 rings (SSSR count). The first kappa shape index (κ1) is 19.4. The summed E-state index contributed by atoms with van der Waals surface area (Å²) in [6, 6.07) is 14.4. The molecule has 8 aromatic carbocycles. The number of nitrogens with zero attached hydrogens (tertiary/aromatic N) is 4. The van der Waals surface area contributed by atoms with E-state index in [-0.39, 0.29) is 11.1 Å². The molecule has 2 heterocycles. The van der Waals surface area contributed by atoms with Gasteiger partial charge in [-0.15, -0.1) is 11.3 Å². The number of benzene rings is 8. The molecule has 0 bridgehead atoms. The summed E-state index contributed by atoms with van der Waals surface area (Å²) in [6.07, 6.45) is 0. The van der Waals surface area contributed by atoms with Crippen LogP contribution < -0.4 is 4.90 Å². The van der Waals surface area contributed by atoms with Crippen LogP contribution in [0, 0.1) is 0 Å². The van der Waals surface area contributed by atoms with Crippen LogP contribution in [0.15, 0.2) is 206 Å². The second kappa shape index (κ2) is 14.6. The zero-order chi connectivity index (χ0) is 52.9. The minimum Gasteiger partial charge on any atom is -0.311 e. The van der Waals surface area contributed by atoms with Gasteiger partial charge in [-0.1, -0.05) is 157 Å². The zero-order valence-electron chi connectivity index (χ0n) is 46.9. The van der Waals surface area contributed by atoms with Gasteiger partial charge in [0.05, 0.1) is 24.7 Å². The quantitative estimate of drug-likeness (QED) is 0.155. The van der Waals surface area contributed by atoms with Crippen LogP contribution in [0.1, 0.15) is 24.7 Å². The van der Waals surface area contributed by atoms with Crippen molar-refractivity contribution in [1.82, 2.24) is 15.0 Å². The molecule has 0 unspecified atom stereocenters. The van der Waals surface area contributed by atoms with Crippen LogP contribution in [0.25, 0.3) is 76.6 Å². The van der Waals surface area contributed by atoms with Gasteiger partial charge in [0.15, 0.2) is 17.5 Å². The zero-order valence-corrected chi connectivity index (χ0v) is 29.8. The van der Waals surface area contributed by atoms with Gasteiger partial charge in [0.2, 0.25) is 0 Å². The number of rotatable bonds is 8. The van der Waals surface area contributed by atoms with Crippen LogP contribution in [-0.2, 0) is 0 Å². The number of thiophene rings is 1. The Morgan fingerprint density at radius 1 is 0.357 bits per heavy atom. The van der Waals surface area contributed by atoms with E-state index in [1.807, 2.05) is 78.9 Å². The Morgan fingerprint density at radius 3 is 1.30 bits per heavy atom. The highest BCUT2D eigenvalue weighted by Crippen LogP contribution is 2.40. The molecule has 0 N–H and O–H groups in total. The third-order valence-corrected chi connectivity index (χ3v) is 9.97. The molecular formula is C51H34N4S. The molecule has 0 saturated carbocycles. The lowest BCUT2D eigenvalue weighted by atomic mass is 10.0. The maximum absolute atomic E-state index is 9.46. The minimum absolute atomic E-state index is 0.187. The highest BCUT2D eigenvalue weighted by molar-refractivity contribution is 7.25. The summed E-state index contributed by atoms with van der Waals surface area (Å²) >= 11 is 1.40. The van der Waals surface area contributed by atoms with Crippen LogP contribution in [0.4, 0.5) is 17.1 Å². The molecule has 56 heavy (non-hydrogen) atoms. The summed E-state index contributed by atoms with van der Waals surface area (Å²) in [4.78, 5) is 15.1. The fourth-order valence-electron chi connectivity index (χ4n) is 6.18. The monoisotopic (exact) mass is 752 g/mol. The third-order valence-electron chi connectivity index (χ3n) is 8.85. The molecule has 0 aliphatic carbocycles. The lowest BCUT2D eigenvalue weighted by molar-refractivity contribution is 1.07. The van der Waals surface area contributed by atoms with Crippen LogP contribution in [0.5, 0.6) is 0 Å². The van der Waals surface area contributed by atoms with Gasteiger partial charge in [-0.2, -0.15) is 0 Å². The van der Waals surface area contributed by atoms with E-state index in [0.29, 0.717) is 32.6 Å². The average Bonchev–Trinajstić information content (AvgIpc) is 3.78. The lowest BCUT2D eigenvalue weighted by Gasteiger charge is -2.26. The molecule has 264 valence electrons. The van der Waals surface area contributed by atoms with E-state index in [0.717, 1.165) is 26.6 Å². The standard InChI is InChI=1S/C51H34N4S/c1-5-13-35(14-6-1)36-21-27-43(28-22-36)55(42-19-11-4-12-20-42)44-29-23-37(24-30-44)40-25-31-45-46-32-26-41(34-48(46)56-47(45)33-40)51-53-49(38-15-7-2-8-16-38)52-50(54-51)39-17-9-3-10-18-39/h1-34H/i1D,4D,5D,6D,11D,12D,13D,14D,19D,20D,21D,22D,23D,24D,27D,28D,29D,30D. The predicted octanol–water partition coefficient (Wildman–Crippen LogP) is 14.0. The number of aromatic nitrogens is 3. The fraction of sp³-hybridized carbons (Fsp3) is 0. The Labute approximate surface area is 355 Å². The summed E-state index contributed by atoms with van der Waals surface area (Å²) < 4.78 is 161. The molecule has 0 amide bonds. The second-order valence-corrected chi connectivity index (χ2v) is 13.4. The summed E-state index contributed by atoms with van der Waals surface area (Å²) in [6.45, 7) is 0. The first-order chi connectivity index (χ1) is 35.2. The number of hydrogen-bond donors (Lipinski definition) is 0. The van der Waals surface area contributed by atoms with Gasteiger partial charge in [-0.05, 0) is 70.6 Å². The topological polar surface area (TPSA) is 41.9 Å². The van der Waals surface area contributed by atoms with Crippen LogP contribution in [-0.4, -0.2) is 15.0 Å². The van der Waals surface area contributed by atoms with E-state index in [1.54, 1.807) is 18.2 Å². The van der Waals surface area contributed by atoms with E-state index in [2.05, 4.69) is 0 Å². The van der Waals surface area contributed by atoms with Crippen LogP contribution >= 0.6 is 11.3 Å². The minimum atomic E-state index is -1.03. The lowest BCUT2D eigenvalue weighted by Crippen LogP contribution is -2.09. The van der Waals surface area contributed by atoms with Gasteiger partial charge in [0.1, 0.15) is 0 Å². The molecule has 5 heteroatoms. The van der Waals surface area contributed by atoms with Crippen molar-refractivity contribution in [3.63, 3.8) is 0 Å². The highest BCUT2D eigenvalue weighted by Gasteiger charge is 2.16. The maximum atomic E-state index is 9.46. The third kappa shape index (κ3) is 6.51. The van der Waals surface area contributed by atoms with E-state index < -0.39 is 137 Å². The number of fused-ring (bicyclic) bond motifs is 3. The van der Waals surface area contributed by atoms with Crippen molar-refractivity contribution in [3.05, 3.63) is 206 Å². The van der Waals surface area contributed by atoms with Crippen molar-refractivity contribution >= 4 is 48.6 Å². The maximum Gasteiger partial charge on any atom is 0.164 e. The molecule has 0 spiro atoms. The fourth-order valence-corrected chi connectivity index (χ4v) is 7.36. The van der Waals surface area contributed by atoms with Gasteiger partial charge in [0, 0.05) is 53.9 Å². The van der Waals surface area contributed by atoms with E-state index in [4.69, 9.17) is 31.4 Å². The van der Waals surface area contributed by atoms with Crippen molar-refractivity contribution in [2.75, 3.05) is 4.90 Å². The van der Waals surface area contributed by atoms with Crippen molar-refractivity contribution in [1.29, 1.82) is 0 Å². The average molecular weight is 753 g/mol. The smallest absolute Gasteiger partial charge is 0.164 e. The van der Waals surface area contributed by atoms with E-state index in [1.165, 1.54) is 11.3 Å². The first-order valence-electron chi connectivity index (χ1n) is 26.2. The number of anilines is 3. The Kier molecular flexibility index (Phi) is 5.04. The Hall–Kier alpha value is -7.21. The summed E-state index contributed by atoms with van der Waals surface area (Å²) in [5, 5.41) is 1.70. The summed E-state index contributed by atoms with van der Waals surface area (Å²) in [5.74, 6) is 1.42. The first-order valence-corrected chi connectivity index (χ1v) is 18.0. The highest BCUT2D eigenvalue weighted by atomic mass is 32.1. The molecule has 4 nitrogen and oxygen atoms in total. The predicted molar refractivity (Wildman–Crippen MR) is 235 cm³/mol. The van der Waals surface area contributed by atoms with Crippen molar-refractivity contribution in [3.8, 4) is 56.4 Å². The molecule has 2 aromatic heterocycles. The van der Waals surface area contributed by atoms with E-state index in [9.17, 15) is 8.22 Å². The Bertz CT molecular complexity index is 3850. The largest absolute Gasteiger partial charge is 0.311 e. The molecule has 10 aromatic rings. The normalized spacial score (nSPS) is 15.7. The van der Waals surface area contributed by atoms with Crippen molar-refractivity contribution in [2.24, 2.45) is 0 Å².